The highest BCUT2D eigenvalue weighted by Crippen LogP contribution is 2.24. The molecule has 1 aromatic heterocycles. The lowest BCUT2D eigenvalue weighted by Crippen LogP contribution is -2.42. The lowest BCUT2D eigenvalue weighted by molar-refractivity contribution is 0.128. The zero-order valence-electron chi connectivity index (χ0n) is 9.79. The molecule has 0 unspecified atom stereocenters. The summed E-state index contributed by atoms with van der Waals surface area (Å²) in [5, 5.41) is 5.48. The molecule has 0 saturated heterocycles. The Kier molecular flexibility index (Phi) is 4.57. The van der Waals surface area contributed by atoms with Crippen LogP contribution in [0.4, 0.5) is 0 Å². The first kappa shape index (κ1) is 12.5. The summed E-state index contributed by atoms with van der Waals surface area (Å²) in [6, 6.07) is 1.99. The molecule has 0 aliphatic heterocycles. The number of hydrogen-bond donors (Lipinski definition) is 1. The van der Waals surface area contributed by atoms with Gasteiger partial charge in [0.15, 0.2) is 0 Å². The molecule has 0 amide bonds. The number of ether oxygens (including phenoxy) is 2. The van der Waals surface area contributed by atoms with Crippen LogP contribution < -0.4 is 10.1 Å². The molecule has 1 heterocycles. The van der Waals surface area contributed by atoms with Crippen molar-refractivity contribution in [1.82, 2.24) is 5.32 Å². The maximum Gasteiger partial charge on any atom is 0.134 e. The average Bonchev–Trinajstić information content (AvgIpc) is 2.62. The van der Waals surface area contributed by atoms with Crippen molar-refractivity contribution in [3.05, 3.63) is 16.3 Å². The maximum absolute atomic E-state index is 5.25. The van der Waals surface area contributed by atoms with Gasteiger partial charge in [0, 0.05) is 19.2 Å². The quantitative estimate of drug-likeness (QED) is 0.811. The van der Waals surface area contributed by atoms with Crippen LogP contribution >= 0.6 is 11.3 Å². The Hall–Kier alpha value is -0.580. The molecular weight excluding hydrogens is 210 g/mol. The Bertz CT molecular complexity index is 297. The van der Waals surface area contributed by atoms with Gasteiger partial charge in [0.2, 0.25) is 0 Å². The van der Waals surface area contributed by atoms with E-state index in [0.29, 0.717) is 6.61 Å². The standard InChI is InChI=1S/C11H19NO2S/c1-11(2,8-13-3)12-7-10-9(14-4)5-6-15-10/h5-6,12H,7-8H2,1-4H3. The van der Waals surface area contributed by atoms with E-state index in [1.807, 2.05) is 11.4 Å². The number of thiophene rings is 1. The number of methoxy groups -OCH3 is 2. The fourth-order valence-corrected chi connectivity index (χ4v) is 2.15. The van der Waals surface area contributed by atoms with Crippen molar-refractivity contribution in [3.63, 3.8) is 0 Å². The van der Waals surface area contributed by atoms with E-state index in [1.54, 1.807) is 25.6 Å². The second-order valence-electron chi connectivity index (χ2n) is 4.08. The van der Waals surface area contributed by atoms with E-state index < -0.39 is 0 Å². The Balaban J connectivity index is 2.49. The van der Waals surface area contributed by atoms with Gasteiger partial charge in [-0.05, 0) is 25.3 Å². The van der Waals surface area contributed by atoms with E-state index in [1.165, 1.54) is 4.88 Å². The average molecular weight is 229 g/mol. The van der Waals surface area contributed by atoms with Crippen LogP contribution in [0.25, 0.3) is 0 Å². The van der Waals surface area contributed by atoms with Crippen molar-refractivity contribution in [2.75, 3.05) is 20.8 Å². The third-order valence-corrected chi connectivity index (χ3v) is 3.06. The molecule has 0 saturated carbocycles. The molecule has 1 N–H and O–H groups in total. The molecule has 0 fully saturated rings. The Labute approximate surface area is 95.4 Å². The maximum atomic E-state index is 5.25. The Morgan fingerprint density at radius 1 is 1.40 bits per heavy atom. The molecule has 0 aliphatic carbocycles. The van der Waals surface area contributed by atoms with E-state index in [2.05, 4.69) is 19.2 Å². The van der Waals surface area contributed by atoms with Crippen LogP contribution in [0.15, 0.2) is 11.4 Å². The minimum atomic E-state index is -0.0102. The summed E-state index contributed by atoms with van der Waals surface area (Å²) in [4.78, 5) is 1.22. The van der Waals surface area contributed by atoms with Gasteiger partial charge in [-0.3, -0.25) is 0 Å². The lowest BCUT2D eigenvalue weighted by atomic mass is 10.1. The molecular formula is C11H19NO2S. The highest BCUT2D eigenvalue weighted by molar-refractivity contribution is 7.10. The molecule has 0 aromatic carbocycles. The minimum Gasteiger partial charge on any atom is -0.496 e. The van der Waals surface area contributed by atoms with Crippen molar-refractivity contribution in [1.29, 1.82) is 0 Å². The summed E-state index contributed by atoms with van der Waals surface area (Å²) in [6.45, 7) is 5.76. The largest absolute Gasteiger partial charge is 0.496 e. The molecule has 0 radical (unpaired) electrons. The monoisotopic (exact) mass is 229 g/mol. The van der Waals surface area contributed by atoms with E-state index in [4.69, 9.17) is 9.47 Å². The van der Waals surface area contributed by atoms with E-state index in [0.717, 1.165) is 12.3 Å². The van der Waals surface area contributed by atoms with Crippen molar-refractivity contribution in [2.24, 2.45) is 0 Å². The fourth-order valence-electron chi connectivity index (χ4n) is 1.37. The Morgan fingerprint density at radius 2 is 2.13 bits per heavy atom. The van der Waals surface area contributed by atoms with Gasteiger partial charge in [-0.15, -0.1) is 11.3 Å². The fraction of sp³-hybridized carbons (Fsp3) is 0.636. The summed E-state index contributed by atoms with van der Waals surface area (Å²) < 4.78 is 10.4. The highest BCUT2D eigenvalue weighted by atomic mass is 32.1. The lowest BCUT2D eigenvalue weighted by Gasteiger charge is -2.25. The predicted molar refractivity (Wildman–Crippen MR) is 63.7 cm³/mol. The second-order valence-corrected chi connectivity index (χ2v) is 5.08. The third-order valence-electron chi connectivity index (χ3n) is 2.16. The first-order valence-electron chi connectivity index (χ1n) is 4.93. The first-order chi connectivity index (χ1) is 7.09. The van der Waals surface area contributed by atoms with Gasteiger partial charge in [0.1, 0.15) is 5.75 Å². The van der Waals surface area contributed by atoms with Crippen molar-refractivity contribution in [2.45, 2.75) is 25.9 Å². The summed E-state index contributed by atoms with van der Waals surface area (Å²) in [5.41, 5.74) is -0.0102. The summed E-state index contributed by atoms with van der Waals surface area (Å²) in [6.07, 6.45) is 0. The number of rotatable bonds is 6. The first-order valence-corrected chi connectivity index (χ1v) is 5.81. The summed E-state index contributed by atoms with van der Waals surface area (Å²) in [5.74, 6) is 0.959. The molecule has 86 valence electrons. The molecule has 0 spiro atoms. The molecule has 0 aliphatic rings. The van der Waals surface area contributed by atoms with Gasteiger partial charge in [0.05, 0.1) is 18.6 Å². The SMILES string of the molecule is COCC(C)(C)NCc1sccc1OC. The summed E-state index contributed by atoms with van der Waals surface area (Å²) >= 11 is 1.70. The van der Waals surface area contributed by atoms with Crippen molar-refractivity contribution < 1.29 is 9.47 Å². The van der Waals surface area contributed by atoms with E-state index in [9.17, 15) is 0 Å². The zero-order chi connectivity index (χ0) is 11.3. The van der Waals surface area contributed by atoms with Crippen LogP contribution in [0.3, 0.4) is 0 Å². The molecule has 3 nitrogen and oxygen atoms in total. The van der Waals surface area contributed by atoms with Gasteiger partial charge in [-0.1, -0.05) is 0 Å². The van der Waals surface area contributed by atoms with Crippen LogP contribution in [0.5, 0.6) is 5.75 Å². The summed E-state index contributed by atoms with van der Waals surface area (Å²) in [7, 11) is 3.42. The van der Waals surface area contributed by atoms with Crippen molar-refractivity contribution in [3.8, 4) is 5.75 Å². The van der Waals surface area contributed by atoms with E-state index in [-0.39, 0.29) is 5.54 Å². The molecule has 15 heavy (non-hydrogen) atoms. The number of nitrogens with one attached hydrogen (secondary N) is 1. The third kappa shape index (κ3) is 3.81. The molecule has 1 aromatic rings. The minimum absolute atomic E-state index is 0.0102. The van der Waals surface area contributed by atoms with Gasteiger partial charge in [-0.25, -0.2) is 0 Å². The zero-order valence-corrected chi connectivity index (χ0v) is 10.6. The van der Waals surface area contributed by atoms with Crippen LogP contribution in [0.2, 0.25) is 0 Å². The van der Waals surface area contributed by atoms with Crippen molar-refractivity contribution >= 4 is 11.3 Å². The topological polar surface area (TPSA) is 30.5 Å². The van der Waals surface area contributed by atoms with Gasteiger partial charge >= 0.3 is 0 Å². The normalized spacial score (nSPS) is 11.7. The Morgan fingerprint density at radius 3 is 2.73 bits per heavy atom. The van der Waals surface area contributed by atoms with E-state index >= 15 is 0 Å². The predicted octanol–water partition coefficient (Wildman–Crippen LogP) is 2.27. The molecule has 1 rings (SSSR count). The van der Waals surface area contributed by atoms with Gasteiger partial charge < -0.3 is 14.8 Å². The molecule has 0 atom stereocenters. The van der Waals surface area contributed by atoms with Gasteiger partial charge in [-0.2, -0.15) is 0 Å². The highest BCUT2D eigenvalue weighted by Gasteiger charge is 2.17. The molecule has 0 bridgehead atoms. The smallest absolute Gasteiger partial charge is 0.134 e. The van der Waals surface area contributed by atoms with Crippen LogP contribution in [0, 0.1) is 0 Å². The van der Waals surface area contributed by atoms with Crippen LogP contribution in [-0.4, -0.2) is 26.4 Å². The van der Waals surface area contributed by atoms with Crippen LogP contribution in [-0.2, 0) is 11.3 Å². The number of hydrogen-bond acceptors (Lipinski definition) is 4. The van der Waals surface area contributed by atoms with Crippen LogP contribution in [0.1, 0.15) is 18.7 Å². The van der Waals surface area contributed by atoms with Gasteiger partial charge in [0.25, 0.3) is 0 Å². The molecule has 4 heteroatoms. The second kappa shape index (κ2) is 5.49.